The first-order valence-corrected chi connectivity index (χ1v) is 9.82. The topological polar surface area (TPSA) is 103 Å². The Morgan fingerprint density at radius 2 is 1.93 bits per heavy atom. The van der Waals surface area contributed by atoms with Crippen molar-refractivity contribution in [2.75, 3.05) is 11.9 Å². The van der Waals surface area contributed by atoms with Crippen LogP contribution in [0.15, 0.2) is 59.2 Å². The van der Waals surface area contributed by atoms with Crippen molar-refractivity contribution >= 4 is 22.5 Å². The molecule has 0 aliphatic carbocycles. The predicted octanol–water partition coefficient (Wildman–Crippen LogP) is 3.93. The Balaban J connectivity index is 1.58. The molecule has 0 unspecified atom stereocenters. The van der Waals surface area contributed by atoms with E-state index in [1.807, 2.05) is 36.4 Å². The summed E-state index contributed by atoms with van der Waals surface area (Å²) in [5.74, 6) is 1.78. The summed E-state index contributed by atoms with van der Waals surface area (Å²) in [4.78, 5) is 21.2. The minimum absolute atomic E-state index is 0.409. The first-order chi connectivity index (χ1) is 14.7. The van der Waals surface area contributed by atoms with E-state index in [9.17, 15) is 4.79 Å². The van der Waals surface area contributed by atoms with Crippen LogP contribution >= 0.6 is 0 Å². The van der Waals surface area contributed by atoms with Gasteiger partial charge in [-0.1, -0.05) is 42.5 Å². The normalized spacial score (nSPS) is 12.9. The Morgan fingerprint density at radius 1 is 1.07 bits per heavy atom. The number of aromatic nitrogens is 2. The lowest BCUT2D eigenvalue weighted by molar-refractivity contribution is 0.100. The molecule has 7 nitrogen and oxygen atoms in total. The number of aryl methyl sites for hydroxylation is 1. The number of primary amides is 1. The van der Waals surface area contributed by atoms with E-state index in [2.05, 4.69) is 5.32 Å². The standard InChI is InChI=1S/C23H20N4O3/c24-21(28)16-9-4-8-15-17(16)13-30-19(15)23-26-18-10-5-11-29-20(18)22(27-23)25-12-14-6-2-1-3-7-14/h1-4,6-9,13H,5,10-12H2,(H2,24,28)(H,25,26,27). The van der Waals surface area contributed by atoms with Crippen molar-refractivity contribution in [3.63, 3.8) is 0 Å². The molecule has 1 amide bonds. The number of nitrogens with zero attached hydrogens (tertiary/aromatic N) is 2. The third-order valence-corrected chi connectivity index (χ3v) is 5.16. The summed E-state index contributed by atoms with van der Waals surface area (Å²) in [6.45, 7) is 1.25. The van der Waals surface area contributed by atoms with Crippen molar-refractivity contribution < 1.29 is 13.9 Å². The lowest BCUT2D eigenvalue weighted by atomic mass is 10.1. The molecule has 30 heavy (non-hydrogen) atoms. The molecule has 150 valence electrons. The summed E-state index contributed by atoms with van der Waals surface area (Å²) in [6.07, 6.45) is 3.23. The van der Waals surface area contributed by atoms with Crippen LogP contribution in [0, 0.1) is 0 Å². The Labute approximate surface area is 172 Å². The molecular weight excluding hydrogens is 380 g/mol. The van der Waals surface area contributed by atoms with Gasteiger partial charge in [-0.15, -0.1) is 0 Å². The molecule has 2 aromatic heterocycles. The smallest absolute Gasteiger partial charge is 0.249 e. The molecule has 3 heterocycles. The van der Waals surface area contributed by atoms with Gasteiger partial charge in [0.2, 0.25) is 5.91 Å². The number of hydrogen-bond donors (Lipinski definition) is 2. The van der Waals surface area contributed by atoms with Crippen LogP contribution in [0.1, 0.15) is 28.0 Å². The summed E-state index contributed by atoms with van der Waals surface area (Å²) in [5.41, 5.74) is 7.89. The number of carbonyl (C=O) groups is 1. The number of anilines is 1. The highest BCUT2D eigenvalue weighted by atomic mass is 16.5. The molecule has 4 aromatic rings. The minimum Gasteiger partial charge on any atom is -0.488 e. The van der Waals surface area contributed by atoms with Crippen LogP contribution in [0.2, 0.25) is 0 Å². The fourth-order valence-corrected chi connectivity index (χ4v) is 3.69. The molecule has 0 atom stereocenters. The molecule has 1 aliphatic rings. The van der Waals surface area contributed by atoms with Gasteiger partial charge in [0.05, 0.1) is 17.9 Å². The van der Waals surface area contributed by atoms with Crippen molar-refractivity contribution in [1.82, 2.24) is 9.97 Å². The van der Waals surface area contributed by atoms with E-state index in [0.717, 1.165) is 29.5 Å². The maximum atomic E-state index is 11.7. The zero-order valence-corrected chi connectivity index (χ0v) is 16.2. The van der Waals surface area contributed by atoms with E-state index in [1.165, 1.54) is 6.26 Å². The van der Waals surface area contributed by atoms with Gasteiger partial charge in [0.1, 0.15) is 6.26 Å². The van der Waals surface area contributed by atoms with Crippen LogP contribution in [0.3, 0.4) is 0 Å². The first kappa shape index (κ1) is 18.2. The van der Waals surface area contributed by atoms with Crippen LogP contribution in [0.5, 0.6) is 5.75 Å². The zero-order valence-electron chi connectivity index (χ0n) is 16.2. The summed E-state index contributed by atoms with van der Waals surface area (Å²) < 4.78 is 11.7. The van der Waals surface area contributed by atoms with E-state index < -0.39 is 5.91 Å². The molecule has 2 aromatic carbocycles. The SMILES string of the molecule is NC(=O)c1cccc2c(-c3nc4c(c(NCc5ccccc5)n3)OCCC4)occ12. The Bertz CT molecular complexity index is 1230. The molecule has 1 aliphatic heterocycles. The Morgan fingerprint density at radius 3 is 2.77 bits per heavy atom. The molecule has 0 saturated heterocycles. The lowest BCUT2D eigenvalue weighted by Gasteiger charge is -2.20. The highest BCUT2D eigenvalue weighted by Gasteiger charge is 2.23. The largest absolute Gasteiger partial charge is 0.488 e. The van der Waals surface area contributed by atoms with Gasteiger partial charge in [-0.05, 0) is 24.5 Å². The second-order valence-electron chi connectivity index (χ2n) is 7.16. The third kappa shape index (κ3) is 3.24. The molecule has 0 fully saturated rings. The lowest BCUT2D eigenvalue weighted by Crippen LogP contribution is -2.15. The van der Waals surface area contributed by atoms with Gasteiger partial charge in [-0.3, -0.25) is 4.79 Å². The van der Waals surface area contributed by atoms with Gasteiger partial charge in [-0.25, -0.2) is 9.97 Å². The van der Waals surface area contributed by atoms with Crippen LogP contribution in [-0.4, -0.2) is 22.5 Å². The molecule has 3 N–H and O–H groups in total. The number of nitrogens with one attached hydrogen (secondary N) is 1. The predicted molar refractivity (Wildman–Crippen MR) is 113 cm³/mol. The molecular formula is C23H20N4O3. The van der Waals surface area contributed by atoms with Gasteiger partial charge in [-0.2, -0.15) is 0 Å². The number of nitrogens with two attached hydrogens (primary N) is 1. The minimum atomic E-state index is -0.502. The number of carbonyl (C=O) groups excluding carboxylic acids is 1. The number of furan rings is 1. The molecule has 0 radical (unpaired) electrons. The monoisotopic (exact) mass is 400 g/mol. The number of ether oxygens (including phenoxy) is 1. The highest BCUT2D eigenvalue weighted by Crippen LogP contribution is 2.36. The van der Waals surface area contributed by atoms with E-state index in [4.69, 9.17) is 24.9 Å². The fraction of sp³-hybridized carbons (Fsp3) is 0.174. The summed E-state index contributed by atoms with van der Waals surface area (Å²) in [6, 6.07) is 15.4. The Hall–Kier alpha value is -3.87. The number of benzene rings is 2. The number of hydrogen-bond acceptors (Lipinski definition) is 6. The average molecular weight is 400 g/mol. The Kier molecular flexibility index (Phi) is 4.55. The maximum absolute atomic E-state index is 11.7. The van der Waals surface area contributed by atoms with E-state index in [-0.39, 0.29) is 0 Å². The summed E-state index contributed by atoms with van der Waals surface area (Å²) >= 11 is 0. The molecule has 0 bridgehead atoms. The van der Waals surface area contributed by atoms with Gasteiger partial charge in [0.25, 0.3) is 0 Å². The van der Waals surface area contributed by atoms with Crippen molar-refractivity contribution in [3.05, 3.63) is 71.6 Å². The van der Waals surface area contributed by atoms with E-state index in [1.54, 1.807) is 12.1 Å². The van der Waals surface area contributed by atoms with Crippen molar-refractivity contribution in [1.29, 1.82) is 0 Å². The van der Waals surface area contributed by atoms with Crippen LogP contribution < -0.4 is 15.8 Å². The maximum Gasteiger partial charge on any atom is 0.249 e. The number of amides is 1. The van der Waals surface area contributed by atoms with Gasteiger partial charge in [0.15, 0.2) is 23.2 Å². The fourth-order valence-electron chi connectivity index (χ4n) is 3.69. The summed E-state index contributed by atoms with van der Waals surface area (Å²) in [7, 11) is 0. The molecule has 0 spiro atoms. The highest BCUT2D eigenvalue weighted by molar-refractivity contribution is 6.08. The van der Waals surface area contributed by atoms with E-state index >= 15 is 0 Å². The summed E-state index contributed by atoms with van der Waals surface area (Å²) in [5, 5.41) is 4.77. The van der Waals surface area contributed by atoms with Crippen molar-refractivity contribution in [2.45, 2.75) is 19.4 Å². The third-order valence-electron chi connectivity index (χ3n) is 5.16. The second kappa shape index (κ2) is 7.51. The van der Waals surface area contributed by atoms with Crippen LogP contribution in [0.4, 0.5) is 5.82 Å². The zero-order chi connectivity index (χ0) is 20.5. The van der Waals surface area contributed by atoms with Crippen LogP contribution in [0.25, 0.3) is 22.4 Å². The van der Waals surface area contributed by atoms with Crippen molar-refractivity contribution in [2.24, 2.45) is 5.73 Å². The second-order valence-corrected chi connectivity index (χ2v) is 7.16. The molecule has 0 saturated carbocycles. The number of rotatable bonds is 5. The van der Waals surface area contributed by atoms with Crippen molar-refractivity contribution in [3.8, 4) is 17.3 Å². The quantitative estimate of drug-likeness (QED) is 0.526. The van der Waals surface area contributed by atoms with E-state index in [0.29, 0.717) is 47.3 Å². The number of fused-ring (bicyclic) bond motifs is 2. The van der Waals surface area contributed by atoms with Gasteiger partial charge < -0.3 is 20.2 Å². The molecule has 5 rings (SSSR count). The van der Waals surface area contributed by atoms with Crippen LogP contribution in [-0.2, 0) is 13.0 Å². The molecule has 7 heteroatoms. The first-order valence-electron chi connectivity index (χ1n) is 9.82. The average Bonchev–Trinajstić information content (AvgIpc) is 3.22. The van der Waals surface area contributed by atoms with Gasteiger partial charge >= 0.3 is 0 Å². The van der Waals surface area contributed by atoms with Gasteiger partial charge in [0, 0.05) is 17.3 Å².